The van der Waals surface area contributed by atoms with Gasteiger partial charge in [0.25, 0.3) is 5.69 Å². The Kier molecular flexibility index (Phi) is 4.89. The number of hydrogen-bond acceptors (Lipinski definition) is 7. The lowest BCUT2D eigenvalue weighted by Gasteiger charge is -2.38. The first kappa shape index (κ1) is 19.9. The predicted molar refractivity (Wildman–Crippen MR) is 118 cm³/mol. The number of benzene rings is 3. The molecule has 0 radical (unpaired) electrons. The van der Waals surface area contributed by atoms with Crippen LogP contribution in [0.5, 0.6) is 17.2 Å². The molecule has 3 aromatic rings. The first-order valence-electron chi connectivity index (χ1n) is 10.2. The fourth-order valence-electron chi connectivity index (χ4n) is 4.20. The van der Waals surface area contributed by atoms with Crippen LogP contribution in [0, 0.1) is 10.1 Å². The van der Waals surface area contributed by atoms with Crippen molar-refractivity contribution in [3.05, 3.63) is 93.5 Å². The summed E-state index contributed by atoms with van der Waals surface area (Å²) in [5.74, 6) is 2.07. The molecule has 0 fully saturated rings. The minimum absolute atomic E-state index is 0.0288. The van der Waals surface area contributed by atoms with Gasteiger partial charge in [0.2, 0.25) is 6.23 Å². The van der Waals surface area contributed by atoms with Crippen molar-refractivity contribution in [2.45, 2.75) is 18.7 Å². The van der Waals surface area contributed by atoms with E-state index in [1.807, 2.05) is 47.5 Å². The van der Waals surface area contributed by atoms with Crippen molar-refractivity contribution < 1.29 is 19.1 Å². The topological polar surface area (TPSA) is 86.4 Å². The minimum Gasteiger partial charge on any atom is -0.497 e. The minimum atomic E-state index is -0.548. The summed E-state index contributed by atoms with van der Waals surface area (Å²) in [4.78, 5) is 10.7. The highest BCUT2D eigenvalue weighted by Crippen LogP contribution is 2.50. The number of para-hydroxylation sites is 1. The summed E-state index contributed by atoms with van der Waals surface area (Å²) in [5, 5.41) is 17.9. The molecule has 0 N–H and O–H groups in total. The van der Waals surface area contributed by atoms with Crippen molar-refractivity contribution in [3.8, 4) is 17.2 Å². The molecule has 5 rings (SSSR count). The van der Waals surface area contributed by atoms with Crippen LogP contribution in [0.1, 0.15) is 35.4 Å². The van der Waals surface area contributed by atoms with Crippen LogP contribution in [-0.2, 0) is 0 Å². The monoisotopic (exact) mass is 431 g/mol. The number of fused-ring (bicyclic) bond motifs is 3. The van der Waals surface area contributed by atoms with Crippen LogP contribution in [0.3, 0.4) is 0 Å². The van der Waals surface area contributed by atoms with E-state index in [1.54, 1.807) is 26.4 Å². The Morgan fingerprint density at radius 1 is 1.06 bits per heavy atom. The van der Waals surface area contributed by atoms with E-state index in [0.717, 1.165) is 28.2 Å². The maximum absolute atomic E-state index is 11.1. The van der Waals surface area contributed by atoms with Gasteiger partial charge in [0, 0.05) is 35.2 Å². The Balaban J connectivity index is 1.59. The Labute approximate surface area is 184 Å². The molecule has 0 spiro atoms. The zero-order valence-corrected chi connectivity index (χ0v) is 17.6. The number of hydrazone groups is 1. The second-order valence-electron chi connectivity index (χ2n) is 7.58. The highest BCUT2D eigenvalue weighted by molar-refractivity contribution is 6.02. The fourth-order valence-corrected chi connectivity index (χ4v) is 4.20. The summed E-state index contributed by atoms with van der Waals surface area (Å²) in [5.41, 5.74) is 3.68. The number of nitro benzene ring substituents is 1. The molecule has 2 heterocycles. The Morgan fingerprint density at radius 3 is 2.56 bits per heavy atom. The molecule has 2 aliphatic rings. The van der Waals surface area contributed by atoms with Crippen LogP contribution in [-0.4, -0.2) is 29.9 Å². The van der Waals surface area contributed by atoms with E-state index in [9.17, 15) is 10.1 Å². The highest BCUT2D eigenvalue weighted by Gasteiger charge is 2.42. The van der Waals surface area contributed by atoms with Crippen molar-refractivity contribution in [3.63, 3.8) is 0 Å². The summed E-state index contributed by atoms with van der Waals surface area (Å²) in [7, 11) is 3.25. The number of nitro groups is 1. The zero-order chi connectivity index (χ0) is 22.2. The molecular weight excluding hydrogens is 410 g/mol. The van der Waals surface area contributed by atoms with Gasteiger partial charge in [-0.05, 0) is 30.3 Å². The lowest BCUT2D eigenvalue weighted by molar-refractivity contribution is -0.384. The molecule has 2 aliphatic heterocycles. The lowest BCUT2D eigenvalue weighted by atomic mass is 9.95. The molecule has 8 nitrogen and oxygen atoms in total. The van der Waals surface area contributed by atoms with Gasteiger partial charge in [-0.3, -0.25) is 10.1 Å². The fraction of sp³-hybridized carbons (Fsp3) is 0.208. The predicted octanol–water partition coefficient (Wildman–Crippen LogP) is 4.85. The van der Waals surface area contributed by atoms with Gasteiger partial charge in [0.05, 0.1) is 30.9 Å². The number of rotatable bonds is 5. The Morgan fingerprint density at radius 2 is 1.84 bits per heavy atom. The van der Waals surface area contributed by atoms with Crippen molar-refractivity contribution in [1.82, 2.24) is 5.01 Å². The Hall–Kier alpha value is -4.07. The number of hydrogen-bond donors (Lipinski definition) is 0. The van der Waals surface area contributed by atoms with Crippen LogP contribution in [0.4, 0.5) is 5.69 Å². The third-order valence-corrected chi connectivity index (χ3v) is 5.79. The number of methoxy groups -OCH3 is 2. The highest BCUT2D eigenvalue weighted by atomic mass is 16.6. The second-order valence-corrected chi connectivity index (χ2v) is 7.58. The molecule has 2 atom stereocenters. The molecular formula is C24H21N3O5. The summed E-state index contributed by atoms with van der Waals surface area (Å²) >= 11 is 0. The summed E-state index contributed by atoms with van der Waals surface area (Å²) < 4.78 is 17.3. The molecule has 2 unspecified atom stereocenters. The van der Waals surface area contributed by atoms with Gasteiger partial charge in [-0.25, -0.2) is 5.01 Å². The van der Waals surface area contributed by atoms with Crippen molar-refractivity contribution in [2.24, 2.45) is 5.10 Å². The molecule has 8 heteroatoms. The van der Waals surface area contributed by atoms with Gasteiger partial charge >= 0.3 is 0 Å². The van der Waals surface area contributed by atoms with Crippen molar-refractivity contribution >= 4 is 11.4 Å². The SMILES string of the molecule is COc1cccc(C2=NN3C(C2)c2cccc(OC)c2OC3c2ccc([N+](=O)[O-])cc2)c1. The quantitative estimate of drug-likeness (QED) is 0.424. The van der Waals surface area contributed by atoms with E-state index in [0.29, 0.717) is 17.9 Å². The van der Waals surface area contributed by atoms with Crippen LogP contribution in [0.25, 0.3) is 0 Å². The summed E-state index contributed by atoms with van der Waals surface area (Å²) in [6.45, 7) is 0. The molecule has 0 aromatic heterocycles. The van der Waals surface area contributed by atoms with Gasteiger partial charge < -0.3 is 14.2 Å². The summed E-state index contributed by atoms with van der Waals surface area (Å²) in [6.07, 6.45) is 0.132. The van der Waals surface area contributed by atoms with Gasteiger partial charge in [-0.1, -0.05) is 24.3 Å². The maximum Gasteiger partial charge on any atom is 0.269 e. The van der Waals surface area contributed by atoms with Gasteiger partial charge in [0.15, 0.2) is 11.5 Å². The molecule has 0 bridgehead atoms. The maximum atomic E-state index is 11.1. The number of nitrogens with zero attached hydrogens (tertiary/aromatic N) is 3. The largest absolute Gasteiger partial charge is 0.497 e. The normalized spacial score (nSPS) is 18.8. The average Bonchev–Trinajstić information content (AvgIpc) is 3.29. The van der Waals surface area contributed by atoms with E-state index in [1.165, 1.54) is 12.1 Å². The van der Waals surface area contributed by atoms with Crippen molar-refractivity contribution in [2.75, 3.05) is 14.2 Å². The van der Waals surface area contributed by atoms with Crippen LogP contribution in [0.15, 0.2) is 71.8 Å². The van der Waals surface area contributed by atoms with Crippen LogP contribution >= 0.6 is 0 Å². The van der Waals surface area contributed by atoms with Gasteiger partial charge in [-0.15, -0.1) is 0 Å². The second kappa shape index (κ2) is 7.88. The zero-order valence-electron chi connectivity index (χ0n) is 17.6. The first-order chi connectivity index (χ1) is 15.6. The molecule has 0 aliphatic carbocycles. The summed E-state index contributed by atoms with van der Waals surface area (Å²) in [6, 6.07) is 19.9. The molecule has 162 valence electrons. The molecule has 32 heavy (non-hydrogen) atoms. The molecule has 0 amide bonds. The van der Waals surface area contributed by atoms with E-state index in [4.69, 9.17) is 19.3 Å². The van der Waals surface area contributed by atoms with Crippen LogP contribution < -0.4 is 14.2 Å². The van der Waals surface area contributed by atoms with Gasteiger partial charge in [0.1, 0.15) is 5.75 Å². The molecule has 0 saturated heterocycles. The van der Waals surface area contributed by atoms with Crippen LogP contribution in [0.2, 0.25) is 0 Å². The van der Waals surface area contributed by atoms with Crippen molar-refractivity contribution in [1.29, 1.82) is 0 Å². The smallest absolute Gasteiger partial charge is 0.269 e. The average molecular weight is 431 g/mol. The molecule has 0 saturated carbocycles. The van der Waals surface area contributed by atoms with E-state index < -0.39 is 11.2 Å². The number of non-ortho nitro benzene ring substituents is 1. The molecule has 3 aromatic carbocycles. The Bertz CT molecular complexity index is 1210. The van der Waals surface area contributed by atoms with Gasteiger partial charge in [-0.2, -0.15) is 5.10 Å². The van der Waals surface area contributed by atoms with E-state index in [-0.39, 0.29) is 11.7 Å². The third kappa shape index (κ3) is 3.30. The lowest BCUT2D eigenvalue weighted by Crippen LogP contribution is -2.33. The number of ether oxygens (including phenoxy) is 3. The third-order valence-electron chi connectivity index (χ3n) is 5.79. The first-order valence-corrected chi connectivity index (χ1v) is 10.2. The van der Waals surface area contributed by atoms with E-state index in [2.05, 4.69) is 0 Å². The standard InChI is InChI=1S/C24H21N3O5/c1-30-18-6-3-5-16(13-18)20-14-21-19-7-4-8-22(31-2)23(19)32-24(26(21)25-20)15-9-11-17(12-10-15)27(28)29/h3-13,21,24H,14H2,1-2H3. The van der Waals surface area contributed by atoms with E-state index >= 15 is 0 Å².